The standard InChI is InChI=1S/C18H27N3O5S/c1-3-5-25-17(23)20-11-14(27)9-13(20)7-12-8-15(16(19)22)21(10-12)18(24)26-6-4-2/h3-4,12-15,27H,1-2,5-11H2,(H2,19,22)/t12?,13-,14+,15?/m1/s1. The first-order valence-corrected chi connectivity index (χ1v) is 9.44. The molecule has 3 amide bonds. The highest BCUT2D eigenvalue weighted by atomic mass is 32.1. The molecule has 8 nitrogen and oxygen atoms in total. The third-order valence-corrected chi connectivity index (χ3v) is 5.21. The maximum Gasteiger partial charge on any atom is 0.410 e. The van der Waals surface area contributed by atoms with E-state index in [2.05, 4.69) is 25.8 Å². The molecule has 0 aromatic rings. The molecule has 4 atom stereocenters. The van der Waals surface area contributed by atoms with Gasteiger partial charge in [0.2, 0.25) is 5.91 Å². The Kier molecular flexibility index (Phi) is 7.58. The largest absolute Gasteiger partial charge is 0.445 e. The Morgan fingerprint density at radius 3 is 2.19 bits per heavy atom. The zero-order chi connectivity index (χ0) is 20.0. The molecule has 2 aliphatic rings. The Labute approximate surface area is 164 Å². The van der Waals surface area contributed by atoms with Gasteiger partial charge in [-0.05, 0) is 25.2 Å². The van der Waals surface area contributed by atoms with Crippen LogP contribution in [0, 0.1) is 5.92 Å². The Morgan fingerprint density at radius 2 is 1.63 bits per heavy atom. The first-order chi connectivity index (χ1) is 12.9. The van der Waals surface area contributed by atoms with E-state index in [1.54, 1.807) is 4.90 Å². The van der Waals surface area contributed by atoms with Crippen molar-refractivity contribution in [3.8, 4) is 0 Å². The number of nitrogens with two attached hydrogens (primary N) is 1. The summed E-state index contributed by atoms with van der Waals surface area (Å²) in [5.41, 5.74) is 5.46. The van der Waals surface area contributed by atoms with Gasteiger partial charge in [0.25, 0.3) is 0 Å². The normalized spacial score (nSPS) is 27.3. The summed E-state index contributed by atoms with van der Waals surface area (Å²) < 4.78 is 10.2. The van der Waals surface area contributed by atoms with E-state index in [0.717, 1.165) is 6.42 Å². The molecule has 2 N–H and O–H groups in total. The second-order valence-electron chi connectivity index (χ2n) is 6.83. The molecule has 2 saturated heterocycles. The highest BCUT2D eigenvalue weighted by Gasteiger charge is 2.43. The van der Waals surface area contributed by atoms with Crippen molar-refractivity contribution in [3.05, 3.63) is 25.3 Å². The van der Waals surface area contributed by atoms with Crippen LogP contribution in [-0.4, -0.2) is 71.5 Å². The van der Waals surface area contributed by atoms with Crippen molar-refractivity contribution in [1.82, 2.24) is 9.80 Å². The molecule has 2 fully saturated rings. The zero-order valence-corrected chi connectivity index (χ0v) is 16.2. The van der Waals surface area contributed by atoms with Crippen molar-refractivity contribution < 1.29 is 23.9 Å². The Balaban J connectivity index is 2.01. The van der Waals surface area contributed by atoms with Crippen LogP contribution in [0.2, 0.25) is 0 Å². The Bertz CT molecular complexity index is 600. The van der Waals surface area contributed by atoms with Crippen LogP contribution in [-0.2, 0) is 14.3 Å². The summed E-state index contributed by atoms with van der Waals surface area (Å²) in [5, 5.41) is 0.0632. The quantitative estimate of drug-likeness (QED) is 0.501. The first-order valence-electron chi connectivity index (χ1n) is 8.93. The van der Waals surface area contributed by atoms with Crippen molar-refractivity contribution in [3.63, 3.8) is 0 Å². The molecule has 0 aromatic carbocycles. The van der Waals surface area contributed by atoms with Gasteiger partial charge in [0.05, 0.1) is 0 Å². The lowest BCUT2D eigenvalue weighted by Crippen LogP contribution is -2.44. The van der Waals surface area contributed by atoms with Crippen molar-refractivity contribution in [2.75, 3.05) is 26.3 Å². The number of carbonyl (C=O) groups excluding carboxylic acids is 3. The Morgan fingerprint density at radius 1 is 1.04 bits per heavy atom. The van der Waals surface area contributed by atoms with Gasteiger partial charge in [0.15, 0.2) is 0 Å². The first kappa shape index (κ1) is 21.1. The maximum atomic E-state index is 12.3. The van der Waals surface area contributed by atoms with E-state index in [4.69, 9.17) is 15.2 Å². The number of nitrogens with zero attached hydrogens (tertiary/aromatic N) is 2. The molecular weight excluding hydrogens is 370 g/mol. The second-order valence-corrected chi connectivity index (χ2v) is 7.57. The van der Waals surface area contributed by atoms with Gasteiger partial charge >= 0.3 is 12.2 Å². The maximum absolute atomic E-state index is 12.3. The van der Waals surface area contributed by atoms with E-state index in [1.807, 2.05) is 0 Å². The van der Waals surface area contributed by atoms with Crippen LogP contribution in [0.1, 0.15) is 19.3 Å². The number of hydrogen-bond acceptors (Lipinski definition) is 6. The van der Waals surface area contributed by atoms with Crippen molar-refractivity contribution in [2.45, 2.75) is 36.6 Å². The summed E-state index contributed by atoms with van der Waals surface area (Å²) >= 11 is 4.49. The van der Waals surface area contributed by atoms with E-state index >= 15 is 0 Å². The number of hydrogen-bond donors (Lipinski definition) is 2. The van der Waals surface area contributed by atoms with Crippen LogP contribution in [0.4, 0.5) is 9.59 Å². The Hall–Kier alpha value is -2.16. The molecule has 0 saturated carbocycles. The second kappa shape index (κ2) is 9.68. The molecule has 9 heteroatoms. The van der Waals surface area contributed by atoms with E-state index < -0.39 is 24.1 Å². The topological polar surface area (TPSA) is 102 Å². The van der Waals surface area contributed by atoms with Crippen LogP contribution in [0.3, 0.4) is 0 Å². The van der Waals surface area contributed by atoms with E-state index in [9.17, 15) is 14.4 Å². The summed E-state index contributed by atoms with van der Waals surface area (Å²) in [4.78, 5) is 39.2. The van der Waals surface area contributed by atoms with Gasteiger partial charge < -0.3 is 20.1 Å². The molecule has 0 spiro atoms. The molecule has 27 heavy (non-hydrogen) atoms. The van der Waals surface area contributed by atoms with E-state index in [-0.39, 0.29) is 30.4 Å². The molecule has 0 radical (unpaired) electrons. The summed E-state index contributed by atoms with van der Waals surface area (Å²) in [6, 6.07) is -0.769. The SMILES string of the molecule is C=CCOC(=O)N1CC(C[C@@H]2C[C@H](S)CN2C(=O)OCC=C)CC1C(N)=O. The smallest absolute Gasteiger partial charge is 0.410 e. The average Bonchev–Trinajstić information content (AvgIpc) is 3.21. The van der Waals surface area contributed by atoms with Gasteiger partial charge in [-0.2, -0.15) is 12.6 Å². The molecule has 0 aromatic heterocycles. The minimum atomic E-state index is -0.707. The van der Waals surface area contributed by atoms with Crippen molar-refractivity contribution in [1.29, 1.82) is 0 Å². The summed E-state index contributed by atoms with van der Waals surface area (Å²) in [6.45, 7) is 8.11. The van der Waals surface area contributed by atoms with Gasteiger partial charge in [-0.25, -0.2) is 9.59 Å². The number of amides is 3. The van der Waals surface area contributed by atoms with Gasteiger partial charge in [-0.3, -0.25) is 9.69 Å². The number of thiol groups is 1. The van der Waals surface area contributed by atoms with Gasteiger partial charge in [-0.15, -0.1) is 0 Å². The molecular formula is C18H27N3O5S. The molecule has 0 aliphatic carbocycles. The molecule has 2 heterocycles. The van der Waals surface area contributed by atoms with Gasteiger partial charge in [0, 0.05) is 24.4 Å². The summed E-state index contributed by atoms with van der Waals surface area (Å²) in [7, 11) is 0. The van der Waals surface area contributed by atoms with Crippen molar-refractivity contribution >= 4 is 30.7 Å². The number of rotatable bonds is 7. The monoisotopic (exact) mass is 397 g/mol. The van der Waals surface area contributed by atoms with Crippen LogP contribution < -0.4 is 5.73 Å². The number of carbonyl (C=O) groups is 3. The summed E-state index contributed by atoms with van der Waals surface area (Å²) in [6.07, 6.45) is 3.80. The minimum absolute atomic E-state index is 0.0251. The fraction of sp³-hybridized carbons (Fsp3) is 0.611. The lowest BCUT2D eigenvalue weighted by molar-refractivity contribution is -0.121. The predicted octanol–water partition coefficient (Wildman–Crippen LogP) is 1.57. The highest BCUT2D eigenvalue weighted by molar-refractivity contribution is 7.81. The fourth-order valence-corrected chi connectivity index (χ4v) is 4.13. The molecule has 2 unspecified atom stereocenters. The zero-order valence-electron chi connectivity index (χ0n) is 15.3. The van der Waals surface area contributed by atoms with Gasteiger partial charge in [0.1, 0.15) is 19.3 Å². The third kappa shape index (κ3) is 5.41. The lowest BCUT2D eigenvalue weighted by Gasteiger charge is -2.26. The number of ether oxygens (including phenoxy) is 2. The minimum Gasteiger partial charge on any atom is -0.445 e. The molecule has 2 aliphatic heterocycles. The van der Waals surface area contributed by atoms with Crippen LogP contribution in [0.15, 0.2) is 25.3 Å². The van der Waals surface area contributed by atoms with Gasteiger partial charge in [-0.1, -0.05) is 25.3 Å². The molecule has 150 valence electrons. The lowest BCUT2D eigenvalue weighted by atomic mass is 9.95. The predicted molar refractivity (Wildman–Crippen MR) is 103 cm³/mol. The van der Waals surface area contributed by atoms with Crippen molar-refractivity contribution in [2.24, 2.45) is 11.7 Å². The average molecular weight is 397 g/mol. The number of likely N-dealkylation sites (tertiary alicyclic amines) is 2. The van der Waals surface area contributed by atoms with Crippen LogP contribution in [0.25, 0.3) is 0 Å². The van der Waals surface area contributed by atoms with Crippen LogP contribution in [0.5, 0.6) is 0 Å². The third-order valence-electron chi connectivity index (χ3n) is 4.83. The molecule has 0 bridgehead atoms. The number of primary amides is 1. The summed E-state index contributed by atoms with van der Waals surface area (Å²) in [5.74, 6) is -0.536. The van der Waals surface area contributed by atoms with Crippen LogP contribution >= 0.6 is 12.6 Å². The fourth-order valence-electron chi connectivity index (χ4n) is 3.72. The van der Waals surface area contributed by atoms with E-state index in [1.165, 1.54) is 17.1 Å². The molecule has 2 rings (SSSR count). The highest BCUT2D eigenvalue weighted by Crippen LogP contribution is 2.33. The van der Waals surface area contributed by atoms with E-state index in [0.29, 0.717) is 25.9 Å².